The van der Waals surface area contributed by atoms with E-state index >= 15 is 0 Å². The molecule has 4 N–H and O–H groups in total. The summed E-state index contributed by atoms with van der Waals surface area (Å²) < 4.78 is 0. The summed E-state index contributed by atoms with van der Waals surface area (Å²) in [7, 11) is 0. The molecule has 0 aliphatic carbocycles. The van der Waals surface area contributed by atoms with E-state index in [9.17, 15) is 9.59 Å². The van der Waals surface area contributed by atoms with E-state index in [0.29, 0.717) is 29.5 Å². The van der Waals surface area contributed by atoms with Crippen LogP contribution in [0.15, 0.2) is 18.2 Å². The summed E-state index contributed by atoms with van der Waals surface area (Å²) >= 11 is 5.80. The van der Waals surface area contributed by atoms with Crippen LogP contribution in [0, 0.1) is 0 Å². The van der Waals surface area contributed by atoms with Gasteiger partial charge in [-0.3, -0.25) is 14.5 Å². The fourth-order valence-electron chi connectivity index (χ4n) is 2.07. The lowest BCUT2D eigenvalue weighted by molar-refractivity contribution is -0.129. The Kier molecular flexibility index (Phi) is 4.46. The molecule has 108 valence electrons. The van der Waals surface area contributed by atoms with Gasteiger partial charge in [0, 0.05) is 18.1 Å². The van der Waals surface area contributed by atoms with Gasteiger partial charge in [-0.2, -0.15) is 0 Å². The Morgan fingerprint density at radius 3 is 3.05 bits per heavy atom. The van der Waals surface area contributed by atoms with Crippen molar-refractivity contribution in [2.45, 2.75) is 13.0 Å². The Morgan fingerprint density at radius 2 is 2.35 bits per heavy atom. The average Bonchev–Trinajstić information content (AvgIpc) is 2.38. The molecule has 0 spiro atoms. The molecular weight excluding hydrogens is 280 g/mol. The molecule has 1 aliphatic rings. The number of benzene rings is 1. The lowest BCUT2D eigenvalue weighted by Crippen LogP contribution is -2.55. The van der Waals surface area contributed by atoms with E-state index in [4.69, 9.17) is 17.3 Å². The van der Waals surface area contributed by atoms with Crippen molar-refractivity contribution in [1.82, 2.24) is 10.2 Å². The number of amides is 2. The van der Waals surface area contributed by atoms with Gasteiger partial charge in [0.15, 0.2) is 0 Å². The summed E-state index contributed by atoms with van der Waals surface area (Å²) in [5, 5.41) is 5.99. The van der Waals surface area contributed by atoms with Crippen LogP contribution in [-0.2, 0) is 9.59 Å². The highest BCUT2D eigenvalue weighted by Crippen LogP contribution is 2.22. The van der Waals surface area contributed by atoms with Gasteiger partial charge in [0.05, 0.1) is 24.0 Å². The van der Waals surface area contributed by atoms with Crippen LogP contribution >= 0.6 is 11.6 Å². The Hall–Kier alpha value is -1.79. The normalized spacial score (nSPS) is 19.5. The number of carbonyl (C=O) groups is 2. The van der Waals surface area contributed by atoms with Crippen molar-refractivity contribution in [2.24, 2.45) is 0 Å². The lowest BCUT2D eigenvalue weighted by Gasteiger charge is -2.32. The quantitative estimate of drug-likeness (QED) is 0.716. The smallest absolute Gasteiger partial charge is 0.238 e. The number of hydrogen-bond donors (Lipinski definition) is 3. The average molecular weight is 297 g/mol. The first kappa shape index (κ1) is 14.6. The summed E-state index contributed by atoms with van der Waals surface area (Å²) in [5.74, 6) is -0.268. The Balaban J connectivity index is 1.97. The van der Waals surface area contributed by atoms with E-state index < -0.39 is 0 Å². The SMILES string of the molecule is CC1C(=O)NCCN1CC(=O)Nc1ccc(Cl)cc1N. The highest BCUT2D eigenvalue weighted by atomic mass is 35.5. The van der Waals surface area contributed by atoms with Gasteiger partial charge >= 0.3 is 0 Å². The van der Waals surface area contributed by atoms with Crippen molar-refractivity contribution in [2.75, 3.05) is 30.7 Å². The van der Waals surface area contributed by atoms with Gasteiger partial charge in [0.1, 0.15) is 0 Å². The Bertz CT molecular complexity index is 535. The summed E-state index contributed by atoms with van der Waals surface area (Å²) in [5.41, 5.74) is 6.71. The number of nitrogens with zero attached hydrogens (tertiary/aromatic N) is 1. The van der Waals surface area contributed by atoms with Crippen LogP contribution in [0.25, 0.3) is 0 Å². The third-order valence-corrected chi connectivity index (χ3v) is 3.49. The van der Waals surface area contributed by atoms with E-state index in [0.717, 1.165) is 0 Å². The number of anilines is 2. The predicted molar refractivity (Wildman–Crippen MR) is 78.5 cm³/mol. The first-order chi connectivity index (χ1) is 9.47. The number of carbonyl (C=O) groups excluding carboxylic acids is 2. The van der Waals surface area contributed by atoms with Gasteiger partial charge in [0.2, 0.25) is 11.8 Å². The molecule has 7 heteroatoms. The molecule has 1 aromatic carbocycles. The Morgan fingerprint density at radius 1 is 1.60 bits per heavy atom. The third-order valence-electron chi connectivity index (χ3n) is 3.26. The molecule has 20 heavy (non-hydrogen) atoms. The van der Waals surface area contributed by atoms with Gasteiger partial charge in [-0.15, -0.1) is 0 Å². The molecule has 6 nitrogen and oxygen atoms in total. The van der Waals surface area contributed by atoms with E-state index in [-0.39, 0.29) is 24.4 Å². The molecule has 0 aromatic heterocycles. The zero-order chi connectivity index (χ0) is 14.7. The second-order valence-electron chi connectivity index (χ2n) is 4.72. The molecule has 0 bridgehead atoms. The molecule has 1 fully saturated rings. The first-order valence-corrected chi connectivity index (χ1v) is 6.72. The number of hydrogen-bond acceptors (Lipinski definition) is 4. The maximum absolute atomic E-state index is 12.0. The highest BCUT2D eigenvalue weighted by molar-refractivity contribution is 6.31. The molecule has 0 saturated carbocycles. The van der Waals surface area contributed by atoms with Gasteiger partial charge < -0.3 is 16.4 Å². The van der Waals surface area contributed by atoms with E-state index in [2.05, 4.69) is 10.6 Å². The van der Waals surface area contributed by atoms with Crippen molar-refractivity contribution in [1.29, 1.82) is 0 Å². The molecule has 2 rings (SSSR count). The third kappa shape index (κ3) is 3.40. The number of rotatable bonds is 3. The molecule has 1 saturated heterocycles. The largest absolute Gasteiger partial charge is 0.397 e. The van der Waals surface area contributed by atoms with Gasteiger partial charge in [0.25, 0.3) is 0 Å². The minimum atomic E-state index is -0.308. The van der Waals surface area contributed by atoms with Gasteiger partial charge in [-0.05, 0) is 25.1 Å². The van der Waals surface area contributed by atoms with E-state index in [1.165, 1.54) is 0 Å². The zero-order valence-corrected chi connectivity index (χ0v) is 11.9. The van der Waals surface area contributed by atoms with Crippen molar-refractivity contribution < 1.29 is 9.59 Å². The van der Waals surface area contributed by atoms with E-state index in [1.807, 2.05) is 4.90 Å². The zero-order valence-electron chi connectivity index (χ0n) is 11.1. The van der Waals surface area contributed by atoms with Crippen LogP contribution in [0.3, 0.4) is 0 Å². The molecule has 0 radical (unpaired) electrons. The summed E-state index contributed by atoms with van der Waals surface area (Å²) in [6.07, 6.45) is 0. The number of nitrogens with one attached hydrogen (secondary N) is 2. The topological polar surface area (TPSA) is 87.5 Å². The highest BCUT2D eigenvalue weighted by Gasteiger charge is 2.26. The fraction of sp³-hybridized carbons (Fsp3) is 0.385. The fourth-order valence-corrected chi connectivity index (χ4v) is 2.25. The number of nitrogens with two attached hydrogens (primary N) is 1. The lowest BCUT2D eigenvalue weighted by atomic mass is 10.2. The molecule has 1 unspecified atom stereocenters. The van der Waals surface area contributed by atoms with Crippen LogP contribution in [0.2, 0.25) is 5.02 Å². The monoisotopic (exact) mass is 296 g/mol. The summed E-state index contributed by atoms with van der Waals surface area (Å²) in [6, 6.07) is 4.58. The molecule has 1 atom stereocenters. The number of nitrogen functional groups attached to an aromatic ring is 1. The van der Waals surface area contributed by atoms with Crippen LogP contribution in [0.1, 0.15) is 6.92 Å². The van der Waals surface area contributed by atoms with Gasteiger partial charge in [-0.25, -0.2) is 0 Å². The van der Waals surface area contributed by atoms with Crippen LogP contribution in [0.4, 0.5) is 11.4 Å². The second-order valence-corrected chi connectivity index (χ2v) is 5.15. The second kappa shape index (κ2) is 6.11. The molecule has 2 amide bonds. The molecule has 1 aromatic rings. The number of halogens is 1. The van der Waals surface area contributed by atoms with Crippen LogP contribution in [-0.4, -0.2) is 42.4 Å². The summed E-state index contributed by atoms with van der Waals surface area (Å²) in [4.78, 5) is 25.3. The first-order valence-electron chi connectivity index (χ1n) is 6.34. The maximum atomic E-state index is 12.0. The van der Waals surface area contributed by atoms with Gasteiger partial charge in [-0.1, -0.05) is 11.6 Å². The van der Waals surface area contributed by atoms with Crippen LogP contribution in [0.5, 0.6) is 0 Å². The van der Waals surface area contributed by atoms with E-state index in [1.54, 1.807) is 25.1 Å². The van der Waals surface area contributed by atoms with Crippen LogP contribution < -0.4 is 16.4 Å². The van der Waals surface area contributed by atoms with Crippen molar-refractivity contribution in [3.05, 3.63) is 23.2 Å². The summed E-state index contributed by atoms with van der Waals surface area (Å²) in [6.45, 7) is 3.13. The number of piperazine rings is 1. The minimum Gasteiger partial charge on any atom is -0.397 e. The Labute approximate surface area is 122 Å². The molecular formula is C13H17ClN4O2. The minimum absolute atomic E-state index is 0.0601. The van der Waals surface area contributed by atoms with Crippen molar-refractivity contribution in [3.8, 4) is 0 Å². The van der Waals surface area contributed by atoms with Crippen molar-refractivity contribution in [3.63, 3.8) is 0 Å². The maximum Gasteiger partial charge on any atom is 0.238 e. The molecule has 1 aliphatic heterocycles. The standard InChI is InChI=1S/C13H17ClN4O2/c1-8-13(20)16-4-5-18(8)7-12(19)17-11-3-2-9(14)6-10(11)15/h2-3,6,8H,4-5,7,15H2,1H3,(H,16,20)(H,17,19). The van der Waals surface area contributed by atoms with Crippen molar-refractivity contribution >= 4 is 34.8 Å². The predicted octanol–water partition coefficient (Wildman–Crippen LogP) is 0.681. The molecule has 1 heterocycles.